The molecule has 2 rings (SSSR count). The Morgan fingerprint density at radius 3 is 2.90 bits per heavy atom. The maximum atomic E-state index is 11.9. The van der Waals surface area contributed by atoms with Gasteiger partial charge in [-0.05, 0) is 31.2 Å². The van der Waals surface area contributed by atoms with Crippen molar-refractivity contribution in [2.75, 3.05) is 31.6 Å². The van der Waals surface area contributed by atoms with E-state index in [1.54, 1.807) is 24.3 Å². The van der Waals surface area contributed by atoms with E-state index < -0.39 is 0 Å². The van der Waals surface area contributed by atoms with E-state index in [4.69, 9.17) is 10.00 Å². The number of nitriles is 1. The maximum Gasteiger partial charge on any atom is 0.225 e. The minimum absolute atomic E-state index is 0.00611. The highest BCUT2D eigenvalue weighted by Crippen LogP contribution is 2.10. The first-order valence-electron chi connectivity index (χ1n) is 6.81. The standard InChI is InChI=1S/C15H19N3O2/c1-12-11-20-9-8-18(12)7-6-15(19)17-14-4-2-13(10-16)3-5-14/h2-5,12H,6-9,11H2,1H3,(H,17,19). The van der Waals surface area contributed by atoms with Gasteiger partial charge in [0.15, 0.2) is 0 Å². The molecule has 1 aliphatic heterocycles. The Balaban J connectivity index is 1.78. The second kappa shape index (κ2) is 7.04. The lowest BCUT2D eigenvalue weighted by atomic mass is 10.2. The van der Waals surface area contributed by atoms with Gasteiger partial charge in [-0.3, -0.25) is 9.69 Å². The summed E-state index contributed by atoms with van der Waals surface area (Å²) in [6.07, 6.45) is 0.463. The van der Waals surface area contributed by atoms with Crippen LogP contribution in [0.25, 0.3) is 0 Å². The van der Waals surface area contributed by atoms with Crippen molar-refractivity contribution in [3.05, 3.63) is 29.8 Å². The third kappa shape index (κ3) is 4.05. The monoisotopic (exact) mass is 273 g/mol. The highest BCUT2D eigenvalue weighted by atomic mass is 16.5. The predicted octanol–water partition coefficient (Wildman–Crippen LogP) is 1.61. The lowest BCUT2D eigenvalue weighted by molar-refractivity contribution is -0.117. The van der Waals surface area contributed by atoms with E-state index in [-0.39, 0.29) is 5.91 Å². The summed E-state index contributed by atoms with van der Waals surface area (Å²) < 4.78 is 5.37. The third-order valence-electron chi connectivity index (χ3n) is 3.43. The summed E-state index contributed by atoms with van der Waals surface area (Å²) in [4.78, 5) is 14.1. The molecule has 20 heavy (non-hydrogen) atoms. The van der Waals surface area contributed by atoms with Crippen LogP contribution in [0.15, 0.2) is 24.3 Å². The molecule has 106 valence electrons. The number of morpholine rings is 1. The molecule has 0 aliphatic carbocycles. The van der Waals surface area contributed by atoms with Crippen LogP contribution in [0.4, 0.5) is 5.69 Å². The van der Waals surface area contributed by atoms with Crippen LogP contribution in [0.3, 0.4) is 0 Å². The summed E-state index contributed by atoms with van der Waals surface area (Å²) in [5.41, 5.74) is 1.31. The SMILES string of the molecule is CC1COCCN1CCC(=O)Nc1ccc(C#N)cc1. The van der Waals surface area contributed by atoms with E-state index in [1.807, 2.05) is 6.07 Å². The number of hydrogen-bond donors (Lipinski definition) is 1. The second-order valence-electron chi connectivity index (χ2n) is 4.95. The molecular formula is C15H19N3O2. The van der Waals surface area contributed by atoms with E-state index in [1.165, 1.54) is 0 Å². The van der Waals surface area contributed by atoms with Gasteiger partial charge in [0.05, 0.1) is 24.8 Å². The molecule has 0 radical (unpaired) electrons. The van der Waals surface area contributed by atoms with Crippen LogP contribution in [0.5, 0.6) is 0 Å². The first kappa shape index (κ1) is 14.5. The van der Waals surface area contributed by atoms with Crippen LogP contribution in [0.1, 0.15) is 18.9 Å². The van der Waals surface area contributed by atoms with E-state index in [0.717, 1.165) is 32.0 Å². The largest absolute Gasteiger partial charge is 0.379 e. The number of ether oxygens (including phenoxy) is 1. The Morgan fingerprint density at radius 1 is 1.50 bits per heavy atom. The van der Waals surface area contributed by atoms with Crippen molar-refractivity contribution in [3.8, 4) is 6.07 Å². The zero-order valence-corrected chi connectivity index (χ0v) is 11.6. The van der Waals surface area contributed by atoms with Gasteiger partial charge in [0, 0.05) is 31.2 Å². The van der Waals surface area contributed by atoms with E-state index in [0.29, 0.717) is 18.0 Å². The van der Waals surface area contributed by atoms with Gasteiger partial charge in [-0.25, -0.2) is 0 Å². The van der Waals surface area contributed by atoms with Gasteiger partial charge in [0.1, 0.15) is 0 Å². The molecule has 1 aromatic carbocycles. The summed E-state index contributed by atoms with van der Waals surface area (Å²) in [6.45, 7) is 5.20. The van der Waals surface area contributed by atoms with Gasteiger partial charge in [0.25, 0.3) is 0 Å². The van der Waals surface area contributed by atoms with Gasteiger partial charge in [0.2, 0.25) is 5.91 Å². The third-order valence-corrected chi connectivity index (χ3v) is 3.43. The van der Waals surface area contributed by atoms with Crippen molar-refractivity contribution in [1.82, 2.24) is 4.90 Å². The molecule has 0 aromatic heterocycles. The number of nitrogens with zero attached hydrogens (tertiary/aromatic N) is 2. The molecule has 0 saturated carbocycles. The fourth-order valence-electron chi connectivity index (χ4n) is 2.19. The van der Waals surface area contributed by atoms with Crippen LogP contribution in [0, 0.1) is 11.3 Å². The summed E-state index contributed by atoms with van der Waals surface area (Å²) in [6, 6.07) is 9.29. The van der Waals surface area contributed by atoms with Crippen LogP contribution < -0.4 is 5.32 Å². The zero-order chi connectivity index (χ0) is 14.4. The number of amides is 1. The number of hydrogen-bond acceptors (Lipinski definition) is 4. The first-order chi connectivity index (χ1) is 9.69. The number of anilines is 1. The fourth-order valence-corrected chi connectivity index (χ4v) is 2.19. The summed E-state index contributed by atoms with van der Waals surface area (Å²) in [5, 5.41) is 11.6. The van der Waals surface area contributed by atoms with Crippen molar-refractivity contribution in [2.45, 2.75) is 19.4 Å². The van der Waals surface area contributed by atoms with Gasteiger partial charge in [-0.1, -0.05) is 0 Å². The van der Waals surface area contributed by atoms with Gasteiger partial charge < -0.3 is 10.1 Å². The second-order valence-corrected chi connectivity index (χ2v) is 4.95. The molecule has 0 spiro atoms. The Bertz CT molecular complexity index is 493. The van der Waals surface area contributed by atoms with Gasteiger partial charge in [-0.15, -0.1) is 0 Å². The molecule has 1 aromatic rings. The van der Waals surface area contributed by atoms with Crippen LogP contribution in [0.2, 0.25) is 0 Å². The number of carbonyl (C=O) groups excluding carboxylic acids is 1. The average molecular weight is 273 g/mol. The molecule has 1 unspecified atom stereocenters. The number of benzene rings is 1. The summed E-state index contributed by atoms with van der Waals surface area (Å²) >= 11 is 0. The van der Waals surface area contributed by atoms with E-state index in [2.05, 4.69) is 17.1 Å². The predicted molar refractivity (Wildman–Crippen MR) is 76.3 cm³/mol. The van der Waals surface area contributed by atoms with Gasteiger partial charge in [-0.2, -0.15) is 5.26 Å². The zero-order valence-electron chi connectivity index (χ0n) is 11.6. The summed E-state index contributed by atoms with van der Waals surface area (Å²) in [7, 11) is 0. The van der Waals surface area contributed by atoms with Crippen LogP contribution in [-0.4, -0.2) is 43.2 Å². The topological polar surface area (TPSA) is 65.4 Å². The quantitative estimate of drug-likeness (QED) is 0.905. The van der Waals surface area contributed by atoms with Crippen molar-refractivity contribution >= 4 is 11.6 Å². The molecular weight excluding hydrogens is 254 g/mol. The Hall–Kier alpha value is -1.90. The minimum atomic E-state index is -0.00611. The smallest absolute Gasteiger partial charge is 0.225 e. The molecule has 1 N–H and O–H groups in total. The maximum absolute atomic E-state index is 11.9. The van der Waals surface area contributed by atoms with Crippen LogP contribution in [-0.2, 0) is 9.53 Å². The number of carbonyl (C=O) groups is 1. The molecule has 1 saturated heterocycles. The number of nitrogens with one attached hydrogen (secondary N) is 1. The van der Waals surface area contributed by atoms with Crippen LogP contribution >= 0.6 is 0 Å². The average Bonchev–Trinajstić information content (AvgIpc) is 2.47. The molecule has 1 heterocycles. The summed E-state index contributed by atoms with van der Waals surface area (Å²) in [5.74, 6) is -0.00611. The molecule has 5 nitrogen and oxygen atoms in total. The molecule has 1 aliphatic rings. The normalized spacial score (nSPS) is 19.3. The Kier molecular flexibility index (Phi) is 5.10. The molecule has 0 bridgehead atoms. The highest BCUT2D eigenvalue weighted by Gasteiger charge is 2.19. The van der Waals surface area contributed by atoms with Gasteiger partial charge >= 0.3 is 0 Å². The molecule has 1 amide bonds. The highest BCUT2D eigenvalue weighted by molar-refractivity contribution is 5.90. The van der Waals surface area contributed by atoms with Crippen molar-refractivity contribution in [3.63, 3.8) is 0 Å². The number of rotatable bonds is 4. The lowest BCUT2D eigenvalue weighted by Crippen LogP contribution is -2.44. The first-order valence-corrected chi connectivity index (χ1v) is 6.81. The molecule has 5 heteroatoms. The van der Waals surface area contributed by atoms with Crippen molar-refractivity contribution in [2.24, 2.45) is 0 Å². The van der Waals surface area contributed by atoms with E-state index >= 15 is 0 Å². The lowest BCUT2D eigenvalue weighted by Gasteiger charge is -2.32. The van der Waals surface area contributed by atoms with Crippen molar-refractivity contribution < 1.29 is 9.53 Å². The minimum Gasteiger partial charge on any atom is -0.379 e. The fraction of sp³-hybridized carbons (Fsp3) is 0.467. The molecule has 1 fully saturated rings. The Morgan fingerprint density at radius 2 is 2.25 bits per heavy atom. The Labute approximate surface area is 119 Å². The van der Waals surface area contributed by atoms with Crippen molar-refractivity contribution in [1.29, 1.82) is 5.26 Å². The molecule has 1 atom stereocenters. The van der Waals surface area contributed by atoms with E-state index in [9.17, 15) is 4.79 Å².